The van der Waals surface area contributed by atoms with Gasteiger partial charge in [-0.1, -0.05) is 24.9 Å². The van der Waals surface area contributed by atoms with Crippen LogP contribution in [0.15, 0.2) is 29.1 Å². The standard InChI is InChI=1S/C19H19ClN2O4/c1-3-4-9-22-18(24)15(10-21)12(2)17(19(22)25)16(23)11-26-14-7-5-13(20)6-8-14/h5-8,25H,3-4,9,11H2,1-2H3. The van der Waals surface area contributed by atoms with Gasteiger partial charge in [-0.15, -0.1) is 0 Å². The third-order valence-corrected chi connectivity index (χ3v) is 4.25. The van der Waals surface area contributed by atoms with Crippen LogP contribution >= 0.6 is 11.6 Å². The molecule has 136 valence electrons. The lowest BCUT2D eigenvalue weighted by Crippen LogP contribution is -2.27. The van der Waals surface area contributed by atoms with E-state index in [2.05, 4.69) is 0 Å². The summed E-state index contributed by atoms with van der Waals surface area (Å²) in [6.45, 7) is 3.30. The van der Waals surface area contributed by atoms with Gasteiger partial charge in [-0.3, -0.25) is 14.2 Å². The number of ether oxygens (including phenoxy) is 1. The summed E-state index contributed by atoms with van der Waals surface area (Å²) in [6, 6.07) is 8.32. The maximum atomic E-state index is 12.6. The molecule has 0 spiro atoms. The van der Waals surface area contributed by atoms with Crippen molar-refractivity contribution in [2.24, 2.45) is 0 Å². The maximum absolute atomic E-state index is 12.6. The van der Waals surface area contributed by atoms with Crippen LogP contribution in [0.25, 0.3) is 0 Å². The topological polar surface area (TPSA) is 92.3 Å². The van der Waals surface area contributed by atoms with E-state index < -0.39 is 17.2 Å². The second-order valence-corrected chi connectivity index (χ2v) is 6.22. The number of nitrogens with zero attached hydrogens (tertiary/aromatic N) is 2. The Kier molecular flexibility index (Phi) is 6.42. The van der Waals surface area contributed by atoms with Gasteiger partial charge in [0, 0.05) is 11.6 Å². The lowest BCUT2D eigenvalue weighted by atomic mass is 10.0. The molecule has 2 aromatic rings. The highest BCUT2D eigenvalue weighted by Gasteiger charge is 2.24. The molecule has 0 aliphatic rings. The molecule has 0 aliphatic carbocycles. The molecular formula is C19H19ClN2O4. The SMILES string of the molecule is CCCCn1c(O)c(C(=O)COc2ccc(Cl)cc2)c(C)c(C#N)c1=O. The van der Waals surface area contributed by atoms with Crippen LogP contribution in [0.1, 0.15) is 41.3 Å². The number of aromatic hydroxyl groups is 1. The van der Waals surface area contributed by atoms with Crippen molar-refractivity contribution >= 4 is 17.4 Å². The highest BCUT2D eigenvalue weighted by Crippen LogP contribution is 2.23. The van der Waals surface area contributed by atoms with E-state index in [-0.39, 0.29) is 29.8 Å². The van der Waals surface area contributed by atoms with Gasteiger partial charge < -0.3 is 9.84 Å². The first-order chi connectivity index (χ1) is 12.4. The van der Waals surface area contributed by atoms with Crippen molar-refractivity contribution in [1.82, 2.24) is 4.57 Å². The molecule has 0 atom stereocenters. The summed E-state index contributed by atoms with van der Waals surface area (Å²) >= 11 is 5.80. The monoisotopic (exact) mass is 374 g/mol. The molecule has 0 saturated heterocycles. The molecule has 0 unspecified atom stereocenters. The second-order valence-electron chi connectivity index (χ2n) is 5.79. The minimum Gasteiger partial charge on any atom is -0.494 e. The number of halogens is 1. The van der Waals surface area contributed by atoms with Crippen molar-refractivity contribution in [2.45, 2.75) is 33.2 Å². The quantitative estimate of drug-likeness (QED) is 0.749. The van der Waals surface area contributed by atoms with Crippen LogP contribution in [0.4, 0.5) is 0 Å². The third-order valence-electron chi connectivity index (χ3n) is 4.00. The molecule has 26 heavy (non-hydrogen) atoms. The molecule has 0 saturated carbocycles. The van der Waals surface area contributed by atoms with Crippen molar-refractivity contribution in [3.8, 4) is 17.7 Å². The zero-order chi connectivity index (χ0) is 19.3. The van der Waals surface area contributed by atoms with Crippen molar-refractivity contribution < 1.29 is 14.6 Å². The smallest absolute Gasteiger partial charge is 0.271 e. The summed E-state index contributed by atoms with van der Waals surface area (Å²) in [5, 5.41) is 20.3. The predicted molar refractivity (Wildman–Crippen MR) is 98.0 cm³/mol. The van der Waals surface area contributed by atoms with Crippen molar-refractivity contribution in [1.29, 1.82) is 5.26 Å². The zero-order valence-corrected chi connectivity index (χ0v) is 15.3. The number of hydrogen-bond donors (Lipinski definition) is 1. The molecule has 7 heteroatoms. The fourth-order valence-electron chi connectivity index (χ4n) is 2.56. The Bertz CT molecular complexity index is 911. The number of rotatable bonds is 7. The number of carbonyl (C=O) groups is 1. The molecule has 6 nitrogen and oxygen atoms in total. The highest BCUT2D eigenvalue weighted by molar-refractivity contribution is 6.30. The van der Waals surface area contributed by atoms with E-state index >= 15 is 0 Å². The summed E-state index contributed by atoms with van der Waals surface area (Å²) in [7, 11) is 0. The Morgan fingerprint density at radius 2 is 2.00 bits per heavy atom. The molecule has 0 aliphatic heterocycles. The second kappa shape index (κ2) is 8.54. The lowest BCUT2D eigenvalue weighted by molar-refractivity contribution is 0.0916. The Hall–Kier alpha value is -2.78. The van der Waals surface area contributed by atoms with Gasteiger partial charge in [-0.25, -0.2) is 0 Å². The minimum absolute atomic E-state index is 0.0637. The van der Waals surface area contributed by atoms with Crippen molar-refractivity contribution in [3.63, 3.8) is 0 Å². The average molecular weight is 375 g/mol. The number of nitriles is 1. The van der Waals surface area contributed by atoms with Gasteiger partial charge >= 0.3 is 0 Å². The number of aromatic nitrogens is 1. The first kappa shape index (κ1) is 19.5. The molecule has 1 aromatic carbocycles. The minimum atomic E-state index is -0.592. The van der Waals surface area contributed by atoms with E-state index in [4.69, 9.17) is 16.3 Å². The van der Waals surface area contributed by atoms with Crippen LogP contribution in [-0.4, -0.2) is 22.1 Å². The highest BCUT2D eigenvalue weighted by atomic mass is 35.5. The van der Waals surface area contributed by atoms with E-state index in [9.17, 15) is 20.0 Å². The van der Waals surface area contributed by atoms with Gasteiger partial charge in [-0.05, 0) is 43.2 Å². The van der Waals surface area contributed by atoms with Gasteiger partial charge in [-0.2, -0.15) is 5.26 Å². The van der Waals surface area contributed by atoms with Crippen LogP contribution in [0.5, 0.6) is 11.6 Å². The average Bonchev–Trinajstić information content (AvgIpc) is 2.61. The number of pyridine rings is 1. The molecular weight excluding hydrogens is 356 g/mol. The normalized spacial score (nSPS) is 10.4. The van der Waals surface area contributed by atoms with Gasteiger partial charge in [0.1, 0.15) is 17.4 Å². The van der Waals surface area contributed by atoms with Crippen LogP contribution in [0.2, 0.25) is 5.02 Å². The number of carbonyl (C=O) groups excluding carboxylic acids is 1. The zero-order valence-electron chi connectivity index (χ0n) is 14.6. The molecule has 1 aromatic heterocycles. The van der Waals surface area contributed by atoms with Crippen molar-refractivity contribution in [2.75, 3.05) is 6.61 Å². The van der Waals surface area contributed by atoms with E-state index in [1.165, 1.54) is 6.92 Å². The number of benzene rings is 1. The van der Waals surface area contributed by atoms with Crippen molar-refractivity contribution in [3.05, 3.63) is 56.3 Å². The van der Waals surface area contributed by atoms with E-state index in [1.807, 2.05) is 13.0 Å². The van der Waals surface area contributed by atoms with E-state index in [0.717, 1.165) is 11.0 Å². The number of hydrogen-bond acceptors (Lipinski definition) is 5. The molecule has 0 bridgehead atoms. The van der Waals surface area contributed by atoms with E-state index in [0.29, 0.717) is 17.2 Å². The summed E-state index contributed by atoms with van der Waals surface area (Å²) in [4.78, 5) is 25.0. The predicted octanol–water partition coefficient (Wildman–Crippen LogP) is 3.45. The molecule has 1 N–H and O–H groups in total. The third kappa shape index (κ3) is 4.06. The summed E-state index contributed by atoms with van der Waals surface area (Å²) < 4.78 is 6.50. The molecule has 0 radical (unpaired) electrons. The van der Waals surface area contributed by atoms with E-state index in [1.54, 1.807) is 24.3 Å². The van der Waals surface area contributed by atoms with Gasteiger partial charge in [0.05, 0.1) is 5.56 Å². The van der Waals surface area contributed by atoms with Gasteiger partial charge in [0.2, 0.25) is 11.7 Å². The maximum Gasteiger partial charge on any atom is 0.271 e. The first-order valence-electron chi connectivity index (χ1n) is 8.18. The molecule has 1 heterocycles. The number of unbranched alkanes of at least 4 members (excludes halogenated alkanes) is 1. The van der Waals surface area contributed by atoms with Crippen LogP contribution in [0, 0.1) is 18.3 Å². The Labute approximate surface area is 156 Å². The Balaban J connectivity index is 2.37. The largest absolute Gasteiger partial charge is 0.494 e. The number of ketones is 1. The summed E-state index contributed by atoms with van der Waals surface area (Å²) in [5.41, 5.74) is -0.640. The fourth-order valence-corrected chi connectivity index (χ4v) is 2.69. The Morgan fingerprint density at radius 1 is 1.35 bits per heavy atom. The fraction of sp³-hybridized carbons (Fsp3) is 0.316. The van der Waals surface area contributed by atoms with Crippen LogP contribution in [0.3, 0.4) is 0 Å². The Morgan fingerprint density at radius 3 is 2.58 bits per heavy atom. The van der Waals surface area contributed by atoms with Crippen LogP contribution < -0.4 is 10.3 Å². The molecule has 0 fully saturated rings. The van der Waals surface area contributed by atoms with Gasteiger partial charge in [0.15, 0.2) is 6.61 Å². The number of Topliss-reactive ketones (excluding diaryl/α,β-unsaturated/α-hetero) is 1. The lowest BCUT2D eigenvalue weighted by Gasteiger charge is -2.15. The summed E-state index contributed by atoms with van der Waals surface area (Å²) in [6.07, 6.45) is 1.43. The summed E-state index contributed by atoms with van der Waals surface area (Å²) in [5.74, 6) is -0.499. The van der Waals surface area contributed by atoms with Crippen LogP contribution in [-0.2, 0) is 6.54 Å². The first-order valence-corrected chi connectivity index (χ1v) is 8.56. The molecule has 0 amide bonds. The molecule has 2 rings (SSSR count). The van der Waals surface area contributed by atoms with Gasteiger partial charge in [0.25, 0.3) is 5.56 Å².